The summed E-state index contributed by atoms with van der Waals surface area (Å²) in [4.78, 5) is 2.32. The van der Waals surface area contributed by atoms with Crippen molar-refractivity contribution in [2.45, 2.75) is 0 Å². The van der Waals surface area contributed by atoms with Crippen LogP contribution in [0, 0.1) is 22.7 Å². The quantitative estimate of drug-likeness (QED) is 0.197. The first-order valence-corrected chi connectivity index (χ1v) is 14.9. The highest BCUT2D eigenvalue weighted by Gasteiger charge is 2.17. The molecule has 0 aliphatic carbocycles. The van der Waals surface area contributed by atoms with Gasteiger partial charge in [-0.15, -0.1) is 0 Å². The fourth-order valence-electron chi connectivity index (χ4n) is 6.56. The Hall–Kier alpha value is -6.42. The zero-order valence-electron chi connectivity index (χ0n) is 24.3. The van der Waals surface area contributed by atoms with Gasteiger partial charge in [-0.25, -0.2) is 0 Å². The van der Waals surface area contributed by atoms with Gasteiger partial charge in [0, 0.05) is 38.3 Å². The molecule has 0 aromatic heterocycles. The van der Waals surface area contributed by atoms with Crippen molar-refractivity contribution in [3.05, 3.63) is 163 Å². The maximum atomic E-state index is 10.2. The van der Waals surface area contributed by atoms with Gasteiger partial charge >= 0.3 is 0 Å². The van der Waals surface area contributed by atoms with Gasteiger partial charge in [0.15, 0.2) is 0 Å². The minimum absolute atomic E-state index is 0.598. The standard InChI is InChI=1S/C42H25N3/c43-26-40-36-14-6-7-15-37(36)41(27-44)39-25-32(20-22-38(39)40)29-17-18-31-24-34(21-19-30(31)23-29)45(33-11-2-1-3-12-33)42-16-8-10-28-9-4-5-13-35(28)42/h1-25H. The van der Waals surface area contributed by atoms with Crippen LogP contribution in [0.2, 0.25) is 0 Å². The minimum atomic E-state index is 0.598. The topological polar surface area (TPSA) is 50.8 Å². The molecule has 0 saturated carbocycles. The van der Waals surface area contributed by atoms with Crippen LogP contribution < -0.4 is 4.90 Å². The van der Waals surface area contributed by atoms with Gasteiger partial charge < -0.3 is 4.90 Å². The summed E-state index contributed by atoms with van der Waals surface area (Å²) in [5, 5.41) is 28.1. The summed E-state index contributed by atoms with van der Waals surface area (Å²) in [7, 11) is 0. The number of nitriles is 2. The summed E-state index contributed by atoms with van der Waals surface area (Å²) in [6, 6.07) is 57.1. The minimum Gasteiger partial charge on any atom is -0.310 e. The highest BCUT2D eigenvalue weighted by molar-refractivity contribution is 6.10. The second-order valence-electron chi connectivity index (χ2n) is 11.2. The molecule has 3 heteroatoms. The molecule has 45 heavy (non-hydrogen) atoms. The van der Waals surface area contributed by atoms with E-state index in [2.05, 4.69) is 120 Å². The normalized spacial score (nSPS) is 11.1. The van der Waals surface area contributed by atoms with E-state index in [0.29, 0.717) is 11.1 Å². The van der Waals surface area contributed by atoms with Gasteiger partial charge in [0.05, 0.1) is 16.8 Å². The molecule has 3 nitrogen and oxygen atoms in total. The first kappa shape index (κ1) is 26.2. The molecule has 0 heterocycles. The van der Waals surface area contributed by atoms with Crippen LogP contribution in [0.25, 0.3) is 54.2 Å². The van der Waals surface area contributed by atoms with E-state index in [1.165, 1.54) is 10.8 Å². The van der Waals surface area contributed by atoms with Crippen molar-refractivity contribution >= 4 is 60.2 Å². The number of fused-ring (bicyclic) bond motifs is 4. The van der Waals surface area contributed by atoms with E-state index < -0.39 is 0 Å². The van der Waals surface area contributed by atoms with Crippen molar-refractivity contribution in [1.82, 2.24) is 0 Å². The molecule has 0 N–H and O–H groups in total. The van der Waals surface area contributed by atoms with Gasteiger partial charge in [-0.3, -0.25) is 0 Å². The molecule has 0 fully saturated rings. The maximum absolute atomic E-state index is 10.2. The average Bonchev–Trinajstić information content (AvgIpc) is 3.10. The van der Waals surface area contributed by atoms with Crippen LogP contribution in [0.1, 0.15) is 11.1 Å². The second-order valence-corrected chi connectivity index (χ2v) is 11.2. The lowest BCUT2D eigenvalue weighted by atomic mass is 9.90. The summed E-state index contributed by atoms with van der Waals surface area (Å²) in [6.07, 6.45) is 0. The summed E-state index contributed by atoms with van der Waals surface area (Å²) < 4.78 is 0. The highest BCUT2D eigenvalue weighted by Crippen LogP contribution is 2.40. The summed E-state index contributed by atoms with van der Waals surface area (Å²) in [5.41, 5.74) is 6.57. The van der Waals surface area contributed by atoms with Crippen molar-refractivity contribution in [2.75, 3.05) is 4.90 Å². The first-order chi connectivity index (χ1) is 22.2. The Kier molecular flexibility index (Phi) is 6.23. The van der Waals surface area contributed by atoms with Gasteiger partial charge in [0.2, 0.25) is 0 Å². The van der Waals surface area contributed by atoms with Gasteiger partial charge in [-0.2, -0.15) is 10.5 Å². The Morgan fingerprint density at radius 2 is 0.956 bits per heavy atom. The van der Waals surface area contributed by atoms with Crippen LogP contribution in [0.15, 0.2) is 152 Å². The van der Waals surface area contributed by atoms with Gasteiger partial charge in [-0.05, 0) is 69.8 Å². The molecule has 0 aliphatic heterocycles. The van der Waals surface area contributed by atoms with Crippen molar-refractivity contribution in [3.63, 3.8) is 0 Å². The molecule has 0 aliphatic rings. The molecule has 0 amide bonds. The molecule has 0 unspecified atom stereocenters. The van der Waals surface area contributed by atoms with Crippen LogP contribution in [0.4, 0.5) is 17.1 Å². The van der Waals surface area contributed by atoms with Crippen LogP contribution in [0.5, 0.6) is 0 Å². The molecular weight excluding hydrogens is 546 g/mol. The lowest BCUT2D eigenvalue weighted by Gasteiger charge is -2.27. The summed E-state index contributed by atoms with van der Waals surface area (Å²) in [5.74, 6) is 0. The number of para-hydroxylation sites is 1. The molecule has 0 saturated heterocycles. The van der Waals surface area contributed by atoms with Crippen LogP contribution in [0.3, 0.4) is 0 Å². The van der Waals surface area contributed by atoms with Crippen LogP contribution in [-0.4, -0.2) is 0 Å². The van der Waals surface area contributed by atoms with E-state index in [0.717, 1.165) is 60.5 Å². The van der Waals surface area contributed by atoms with E-state index in [9.17, 15) is 10.5 Å². The number of hydrogen-bond donors (Lipinski definition) is 0. The van der Waals surface area contributed by atoms with E-state index in [4.69, 9.17) is 0 Å². The average molecular weight is 572 g/mol. The van der Waals surface area contributed by atoms with E-state index in [1.54, 1.807) is 0 Å². The molecule has 8 rings (SSSR count). The van der Waals surface area contributed by atoms with E-state index in [1.807, 2.05) is 48.5 Å². The fourth-order valence-corrected chi connectivity index (χ4v) is 6.56. The molecule has 0 spiro atoms. The molecule has 8 aromatic carbocycles. The van der Waals surface area contributed by atoms with Gasteiger partial charge in [-0.1, -0.05) is 109 Å². The Labute approximate surface area is 261 Å². The monoisotopic (exact) mass is 571 g/mol. The number of anilines is 3. The first-order valence-electron chi connectivity index (χ1n) is 14.9. The molecule has 8 aromatic rings. The van der Waals surface area contributed by atoms with Crippen molar-refractivity contribution in [2.24, 2.45) is 0 Å². The molecule has 0 atom stereocenters. The fraction of sp³-hybridized carbons (Fsp3) is 0. The third-order valence-corrected chi connectivity index (χ3v) is 8.68. The van der Waals surface area contributed by atoms with Crippen molar-refractivity contribution in [1.29, 1.82) is 10.5 Å². The zero-order valence-corrected chi connectivity index (χ0v) is 24.3. The number of nitrogens with zero attached hydrogens (tertiary/aromatic N) is 3. The Morgan fingerprint density at radius 3 is 1.73 bits per heavy atom. The lowest BCUT2D eigenvalue weighted by Crippen LogP contribution is -2.10. The summed E-state index contributed by atoms with van der Waals surface area (Å²) >= 11 is 0. The lowest BCUT2D eigenvalue weighted by molar-refractivity contribution is 1.30. The third-order valence-electron chi connectivity index (χ3n) is 8.68. The largest absolute Gasteiger partial charge is 0.310 e. The predicted molar refractivity (Wildman–Crippen MR) is 186 cm³/mol. The zero-order chi connectivity index (χ0) is 30.3. The SMILES string of the molecule is N#Cc1c2ccccc2c(C#N)c2cc(-c3ccc4cc(N(c5ccccc5)c5cccc6ccccc56)ccc4c3)ccc12. The predicted octanol–water partition coefficient (Wildman–Crippen LogP) is 11.2. The molecule has 208 valence electrons. The number of hydrogen-bond acceptors (Lipinski definition) is 3. The number of benzene rings is 8. The Balaban J connectivity index is 1.26. The van der Waals surface area contributed by atoms with E-state index >= 15 is 0 Å². The Morgan fingerprint density at radius 1 is 0.378 bits per heavy atom. The highest BCUT2D eigenvalue weighted by atomic mass is 15.1. The molecule has 0 radical (unpaired) electrons. The number of rotatable bonds is 4. The van der Waals surface area contributed by atoms with Gasteiger partial charge in [0.1, 0.15) is 12.1 Å². The summed E-state index contributed by atoms with van der Waals surface area (Å²) in [6.45, 7) is 0. The maximum Gasteiger partial charge on any atom is 0.100 e. The van der Waals surface area contributed by atoms with Gasteiger partial charge in [0.25, 0.3) is 0 Å². The Bertz CT molecular complexity index is 2510. The van der Waals surface area contributed by atoms with Crippen molar-refractivity contribution in [3.8, 4) is 23.3 Å². The molecule has 0 bridgehead atoms. The van der Waals surface area contributed by atoms with Crippen LogP contribution in [-0.2, 0) is 0 Å². The smallest absolute Gasteiger partial charge is 0.100 e. The third kappa shape index (κ3) is 4.35. The molecular formula is C42H25N3. The van der Waals surface area contributed by atoms with Crippen LogP contribution >= 0.6 is 0 Å². The van der Waals surface area contributed by atoms with E-state index in [-0.39, 0.29) is 0 Å². The second kappa shape index (κ2) is 10.7. The van der Waals surface area contributed by atoms with Crippen molar-refractivity contribution < 1.29 is 0 Å².